The first kappa shape index (κ1) is 12.2. The topological polar surface area (TPSA) is 84.1 Å². The fraction of sp³-hybridized carbons (Fsp3) is 0.625. The molecule has 0 bridgehead atoms. The zero-order chi connectivity index (χ0) is 11.3. The Morgan fingerprint density at radius 3 is 2.87 bits per heavy atom. The smallest absolute Gasteiger partial charge is 0.257 e. The Morgan fingerprint density at radius 2 is 2.40 bits per heavy atom. The molecule has 1 aromatic rings. The lowest BCUT2D eigenvalue weighted by Crippen LogP contribution is -2.37. The molecule has 0 aliphatic rings. The number of sulfonamides is 1. The van der Waals surface area contributed by atoms with Crippen LogP contribution in [0.4, 0.5) is 0 Å². The van der Waals surface area contributed by atoms with Gasteiger partial charge in [-0.25, -0.2) is 18.1 Å². The third kappa shape index (κ3) is 3.29. The Kier molecular flexibility index (Phi) is 4.25. The molecule has 0 radical (unpaired) electrons. The average Bonchev–Trinajstić information content (AvgIpc) is 2.70. The van der Waals surface area contributed by atoms with E-state index in [1.54, 1.807) is 0 Å². The maximum Gasteiger partial charge on any atom is 0.257 e. The van der Waals surface area contributed by atoms with Gasteiger partial charge in [0.15, 0.2) is 5.03 Å². The number of nitrogens with one attached hydrogen (secondary N) is 2. The highest BCUT2D eigenvalue weighted by Crippen LogP contribution is 2.04. The molecule has 0 saturated carbocycles. The largest absolute Gasteiger partial charge is 0.383 e. The Bertz CT molecular complexity index is 374. The van der Waals surface area contributed by atoms with Crippen molar-refractivity contribution in [3.8, 4) is 0 Å². The molecule has 0 aliphatic carbocycles. The van der Waals surface area contributed by atoms with Crippen LogP contribution < -0.4 is 4.72 Å². The second-order valence-corrected chi connectivity index (χ2v) is 4.78. The van der Waals surface area contributed by atoms with Gasteiger partial charge in [0.25, 0.3) is 10.0 Å². The maximum absolute atomic E-state index is 11.7. The molecule has 6 nitrogen and oxygen atoms in total. The van der Waals surface area contributed by atoms with E-state index in [0.717, 1.165) is 0 Å². The summed E-state index contributed by atoms with van der Waals surface area (Å²) in [5.74, 6) is 0. The van der Waals surface area contributed by atoms with Crippen molar-refractivity contribution in [3.05, 3.63) is 12.5 Å². The number of hydrogen-bond donors (Lipinski definition) is 2. The number of aromatic nitrogens is 2. The number of methoxy groups -OCH3 is 1. The van der Waals surface area contributed by atoms with Crippen molar-refractivity contribution in [1.82, 2.24) is 14.7 Å². The number of hydrogen-bond acceptors (Lipinski definition) is 4. The molecule has 0 aliphatic heterocycles. The third-order valence-corrected chi connectivity index (χ3v) is 3.39. The first-order valence-corrected chi connectivity index (χ1v) is 6.08. The van der Waals surface area contributed by atoms with Gasteiger partial charge in [-0.05, 0) is 6.42 Å². The van der Waals surface area contributed by atoms with E-state index in [0.29, 0.717) is 13.0 Å². The van der Waals surface area contributed by atoms with E-state index in [1.165, 1.54) is 19.6 Å². The van der Waals surface area contributed by atoms with Gasteiger partial charge in [0, 0.05) is 13.2 Å². The monoisotopic (exact) mass is 233 g/mol. The predicted molar refractivity (Wildman–Crippen MR) is 54.9 cm³/mol. The van der Waals surface area contributed by atoms with Gasteiger partial charge in [-0.1, -0.05) is 6.92 Å². The Morgan fingerprint density at radius 1 is 1.67 bits per heavy atom. The van der Waals surface area contributed by atoms with Crippen LogP contribution in [0, 0.1) is 0 Å². The second kappa shape index (κ2) is 5.24. The van der Waals surface area contributed by atoms with Gasteiger partial charge >= 0.3 is 0 Å². The molecule has 0 spiro atoms. The number of aromatic amines is 1. The molecule has 0 saturated heterocycles. The van der Waals surface area contributed by atoms with E-state index < -0.39 is 10.0 Å². The highest BCUT2D eigenvalue weighted by Gasteiger charge is 2.19. The summed E-state index contributed by atoms with van der Waals surface area (Å²) >= 11 is 0. The summed E-state index contributed by atoms with van der Waals surface area (Å²) in [6.07, 6.45) is 3.26. The minimum Gasteiger partial charge on any atom is -0.383 e. The fourth-order valence-electron chi connectivity index (χ4n) is 1.11. The van der Waals surface area contributed by atoms with Gasteiger partial charge in [-0.2, -0.15) is 0 Å². The van der Waals surface area contributed by atoms with Crippen LogP contribution in [0.2, 0.25) is 0 Å². The van der Waals surface area contributed by atoms with Gasteiger partial charge in [0.1, 0.15) is 0 Å². The number of ether oxygens (including phenoxy) is 1. The summed E-state index contributed by atoms with van der Waals surface area (Å²) in [5.41, 5.74) is 0. The van der Waals surface area contributed by atoms with Crippen LogP contribution >= 0.6 is 0 Å². The van der Waals surface area contributed by atoms with E-state index in [9.17, 15) is 8.42 Å². The summed E-state index contributed by atoms with van der Waals surface area (Å²) in [5, 5.41) is 0.0667. The summed E-state index contributed by atoms with van der Waals surface area (Å²) in [6, 6.07) is -0.219. The van der Waals surface area contributed by atoms with Crippen molar-refractivity contribution in [1.29, 1.82) is 0 Å². The van der Waals surface area contributed by atoms with Crippen LogP contribution in [0.5, 0.6) is 0 Å². The van der Waals surface area contributed by atoms with E-state index in [-0.39, 0.29) is 11.1 Å². The van der Waals surface area contributed by atoms with Gasteiger partial charge < -0.3 is 9.72 Å². The van der Waals surface area contributed by atoms with E-state index >= 15 is 0 Å². The first-order chi connectivity index (χ1) is 7.10. The lowest BCUT2D eigenvalue weighted by Gasteiger charge is -2.14. The van der Waals surface area contributed by atoms with E-state index in [1.807, 2.05) is 6.92 Å². The molecule has 0 aromatic carbocycles. The molecule has 1 unspecified atom stereocenters. The van der Waals surface area contributed by atoms with E-state index in [4.69, 9.17) is 4.74 Å². The number of rotatable bonds is 6. The Balaban J connectivity index is 2.72. The highest BCUT2D eigenvalue weighted by molar-refractivity contribution is 7.89. The lowest BCUT2D eigenvalue weighted by atomic mass is 10.3. The zero-order valence-electron chi connectivity index (χ0n) is 8.73. The first-order valence-electron chi connectivity index (χ1n) is 4.59. The quantitative estimate of drug-likeness (QED) is 0.730. The summed E-state index contributed by atoms with van der Waals surface area (Å²) in [6.45, 7) is 2.24. The van der Waals surface area contributed by atoms with Gasteiger partial charge in [0.05, 0.1) is 19.1 Å². The SMILES string of the molecule is CCC(COC)NS(=O)(=O)c1cnc[nH]1. The van der Waals surface area contributed by atoms with Crippen molar-refractivity contribution in [2.75, 3.05) is 13.7 Å². The zero-order valence-corrected chi connectivity index (χ0v) is 9.54. The standard InChI is InChI=1S/C8H15N3O3S/c1-3-7(5-14-2)11-15(12,13)8-4-9-6-10-8/h4,6-7,11H,3,5H2,1-2H3,(H,9,10). The fourth-order valence-corrected chi connectivity index (χ4v) is 2.32. The molecule has 86 valence electrons. The lowest BCUT2D eigenvalue weighted by molar-refractivity contribution is 0.173. The van der Waals surface area contributed by atoms with Crippen LogP contribution in [0.3, 0.4) is 0 Å². The van der Waals surface area contributed by atoms with Crippen molar-refractivity contribution in [2.45, 2.75) is 24.4 Å². The highest BCUT2D eigenvalue weighted by atomic mass is 32.2. The molecule has 2 N–H and O–H groups in total. The van der Waals surface area contributed by atoms with Crippen molar-refractivity contribution >= 4 is 10.0 Å². The van der Waals surface area contributed by atoms with Crippen LogP contribution in [0.15, 0.2) is 17.6 Å². The molecule has 7 heteroatoms. The summed E-state index contributed by atoms with van der Waals surface area (Å²) in [7, 11) is -1.96. The number of imidazole rings is 1. The van der Waals surface area contributed by atoms with Crippen molar-refractivity contribution in [2.24, 2.45) is 0 Å². The van der Waals surface area contributed by atoms with Crippen LogP contribution in [-0.2, 0) is 14.8 Å². The minimum absolute atomic E-state index is 0.0667. The molecule has 1 rings (SSSR count). The van der Waals surface area contributed by atoms with Crippen molar-refractivity contribution < 1.29 is 13.2 Å². The van der Waals surface area contributed by atoms with Crippen molar-refractivity contribution in [3.63, 3.8) is 0 Å². The molecular formula is C8H15N3O3S. The summed E-state index contributed by atoms with van der Waals surface area (Å²) < 4.78 is 30.8. The number of nitrogens with zero attached hydrogens (tertiary/aromatic N) is 1. The maximum atomic E-state index is 11.7. The van der Waals surface area contributed by atoms with Gasteiger partial charge in [-0.15, -0.1) is 0 Å². The normalized spacial score (nSPS) is 14.0. The summed E-state index contributed by atoms with van der Waals surface area (Å²) in [4.78, 5) is 6.21. The van der Waals surface area contributed by atoms with Crippen LogP contribution in [-0.4, -0.2) is 38.1 Å². The van der Waals surface area contributed by atoms with Crippen LogP contribution in [0.1, 0.15) is 13.3 Å². The molecule has 15 heavy (non-hydrogen) atoms. The third-order valence-electron chi connectivity index (χ3n) is 1.95. The molecule has 1 aromatic heterocycles. The van der Waals surface area contributed by atoms with E-state index in [2.05, 4.69) is 14.7 Å². The predicted octanol–water partition coefficient (Wildman–Crippen LogP) is 0.113. The molecule has 0 fully saturated rings. The molecule has 1 atom stereocenters. The van der Waals surface area contributed by atoms with Gasteiger partial charge in [0.2, 0.25) is 0 Å². The Hall–Kier alpha value is -0.920. The molecule has 1 heterocycles. The second-order valence-electron chi connectivity index (χ2n) is 3.10. The number of H-pyrrole nitrogens is 1. The molecular weight excluding hydrogens is 218 g/mol. The average molecular weight is 233 g/mol. The van der Waals surface area contributed by atoms with Crippen LogP contribution in [0.25, 0.3) is 0 Å². The van der Waals surface area contributed by atoms with Gasteiger partial charge in [-0.3, -0.25) is 0 Å². The molecule has 0 amide bonds. The minimum atomic E-state index is -3.50. The Labute approximate surface area is 89.1 Å².